The number of nitrogens with two attached hydrogens (primary N) is 1. The molecular formula is C26H32N5O6PS2. The van der Waals surface area contributed by atoms with E-state index in [4.69, 9.17) is 30.7 Å². The molecule has 40 heavy (non-hydrogen) atoms. The number of ether oxygens (including phenoxy) is 2. The summed E-state index contributed by atoms with van der Waals surface area (Å²) in [6.07, 6.45) is 5.53. The first-order valence-corrected chi connectivity index (χ1v) is 16.8. The number of benzene rings is 1. The van der Waals surface area contributed by atoms with Crippen LogP contribution in [0.3, 0.4) is 0 Å². The van der Waals surface area contributed by atoms with Crippen LogP contribution < -0.4 is 10.8 Å². The molecular weight excluding hydrogens is 573 g/mol. The summed E-state index contributed by atoms with van der Waals surface area (Å²) in [6.45, 7) is 2.10. The van der Waals surface area contributed by atoms with Gasteiger partial charge in [0.1, 0.15) is 42.8 Å². The van der Waals surface area contributed by atoms with Crippen LogP contribution >= 0.6 is 29.3 Å². The molecule has 11 nitrogen and oxygen atoms in total. The van der Waals surface area contributed by atoms with Crippen LogP contribution in [-0.2, 0) is 29.6 Å². The summed E-state index contributed by atoms with van der Waals surface area (Å²) < 4.78 is 40.0. The molecule has 3 aromatic rings. The number of terminal acetylenes is 1. The molecule has 2 fully saturated rings. The van der Waals surface area contributed by atoms with E-state index >= 15 is 0 Å². The Labute approximate surface area is 240 Å². The molecule has 7 atom stereocenters. The Morgan fingerprint density at radius 1 is 1.25 bits per heavy atom. The highest BCUT2D eigenvalue weighted by Gasteiger charge is 2.44. The number of aliphatic hydroxyl groups is 1. The van der Waals surface area contributed by atoms with Crippen LogP contribution in [0, 0.1) is 18.3 Å². The Kier molecular flexibility index (Phi) is 9.73. The molecule has 0 amide bonds. The van der Waals surface area contributed by atoms with Crippen molar-refractivity contribution in [3.63, 3.8) is 0 Å². The van der Waals surface area contributed by atoms with Crippen molar-refractivity contribution >= 4 is 46.2 Å². The SMILES string of the molecule is C#CCO[C@H]1CSSC[C@@H]1OP(=O)(NCc1ccccc1)OCC1OC(n2ccc3c(N)ncnc32)C(C)[C@@H]1O. The summed E-state index contributed by atoms with van der Waals surface area (Å²) in [5.41, 5.74) is 7.50. The Morgan fingerprint density at radius 2 is 2.02 bits per heavy atom. The van der Waals surface area contributed by atoms with E-state index in [0.717, 1.165) is 5.56 Å². The van der Waals surface area contributed by atoms with Gasteiger partial charge in [-0.3, -0.25) is 9.05 Å². The predicted molar refractivity (Wildman–Crippen MR) is 156 cm³/mol. The predicted octanol–water partition coefficient (Wildman–Crippen LogP) is 3.62. The fourth-order valence-electron chi connectivity index (χ4n) is 4.64. The van der Waals surface area contributed by atoms with E-state index in [9.17, 15) is 9.67 Å². The van der Waals surface area contributed by atoms with Gasteiger partial charge in [0, 0.05) is 30.2 Å². The van der Waals surface area contributed by atoms with E-state index in [0.29, 0.717) is 28.4 Å². The van der Waals surface area contributed by atoms with Gasteiger partial charge in [-0.25, -0.2) is 19.6 Å². The van der Waals surface area contributed by atoms with E-state index in [1.807, 2.05) is 47.9 Å². The molecule has 0 spiro atoms. The van der Waals surface area contributed by atoms with Crippen molar-refractivity contribution in [3.05, 3.63) is 54.5 Å². The minimum atomic E-state index is -3.89. The van der Waals surface area contributed by atoms with E-state index < -0.39 is 32.3 Å². The number of hydrogen-bond acceptors (Lipinski definition) is 11. The molecule has 4 unspecified atom stereocenters. The van der Waals surface area contributed by atoms with Gasteiger partial charge in [0.15, 0.2) is 0 Å². The highest BCUT2D eigenvalue weighted by atomic mass is 33.1. The standard InChI is InChI=1S/C26H32N5O6PS2/c1-3-11-34-21-14-39-40-15-22(21)37-38(33,30-12-18-7-5-4-6-8-18)35-13-20-23(32)17(2)26(36-20)31-10-9-19-24(27)28-16-29-25(19)31/h1,4-10,16-17,20-23,26,32H,11-15H2,2H3,(H,30,33)(H2,27,28,29)/t17?,20?,21-,22-,23-,26?,38?/m0/s1. The van der Waals surface area contributed by atoms with Gasteiger partial charge in [0.2, 0.25) is 0 Å². The zero-order chi connectivity index (χ0) is 28.1. The molecule has 1 aromatic carbocycles. The first kappa shape index (κ1) is 29.4. The van der Waals surface area contributed by atoms with E-state index in [1.54, 1.807) is 27.8 Å². The zero-order valence-corrected chi connectivity index (χ0v) is 24.4. The molecule has 0 radical (unpaired) electrons. The molecule has 2 aliphatic rings. The number of aromatic nitrogens is 3. The fourth-order valence-corrected chi connectivity index (χ4v) is 8.69. The second kappa shape index (κ2) is 13.2. The van der Waals surface area contributed by atoms with Crippen molar-refractivity contribution in [3.8, 4) is 12.3 Å². The number of nitrogens with one attached hydrogen (secondary N) is 1. The summed E-state index contributed by atoms with van der Waals surface area (Å²) >= 11 is 0. The summed E-state index contributed by atoms with van der Waals surface area (Å²) in [5.74, 6) is 3.71. The van der Waals surface area contributed by atoms with Crippen LogP contribution in [0.4, 0.5) is 5.82 Å². The highest BCUT2D eigenvalue weighted by molar-refractivity contribution is 8.76. The van der Waals surface area contributed by atoms with Gasteiger partial charge >= 0.3 is 7.75 Å². The van der Waals surface area contributed by atoms with Gasteiger partial charge in [-0.05, 0) is 11.6 Å². The Balaban J connectivity index is 1.30. The smallest absolute Gasteiger partial charge is 0.390 e. The van der Waals surface area contributed by atoms with Gasteiger partial charge in [-0.2, -0.15) is 0 Å². The van der Waals surface area contributed by atoms with E-state index in [1.165, 1.54) is 6.33 Å². The van der Waals surface area contributed by atoms with Gasteiger partial charge in [0.05, 0.1) is 24.2 Å². The number of nitrogens with zero attached hydrogens (tertiary/aromatic N) is 3. The first-order chi connectivity index (χ1) is 19.4. The number of aliphatic hydroxyl groups excluding tert-OH is 1. The van der Waals surface area contributed by atoms with Crippen LogP contribution in [0.5, 0.6) is 0 Å². The van der Waals surface area contributed by atoms with Crippen LogP contribution in [0.25, 0.3) is 11.0 Å². The van der Waals surface area contributed by atoms with E-state index in [2.05, 4.69) is 21.0 Å². The summed E-state index contributed by atoms with van der Waals surface area (Å²) in [4.78, 5) is 8.37. The average Bonchev–Trinajstić information content (AvgIpc) is 3.52. The van der Waals surface area contributed by atoms with Gasteiger partial charge in [0.25, 0.3) is 0 Å². The van der Waals surface area contributed by atoms with Gasteiger partial charge in [-0.15, -0.1) is 6.42 Å². The minimum Gasteiger partial charge on any atom is -0.390 e. The van der Waals surface area contributed by atoms with Crippen molar-refractivity contribution in [2.45, 2.75) is 44.1 Å². The molecule has 4 heterocycles. The lowest BCUT2D eigenvalue weighted by molar-refractivity contribution is -0.0467. The maximum Gasteiger partial charge on any atom is 0.406 e. The Hall–Kier alpha value is -2.11. The lowest BCUT2D eigenvalue weighted by atomic mass is 10.0. The van der Waals surface area contributed by atoms with Gasteiger partial charge in [-0.1, -0.05) is 64.8 Å². The maximum atomic E-state index is 14.1. The fraction of sp³-hybridized carbons (Fsp3) is 0.462. The third kappa shape index (κ3) is 6.68. The largest absolute Gasteiger partial charge is 0.406 e. The van der Waals surface area contributed by atoms with Crippen molar-refractivity contribution < 1.29 is 28.2 Å². The molecule has 0 saturated carbocycles. The number of anilines is 1. The molecule has 14 heteroatoms. The second-order valence-electron chi connectivity index (χ2n) is 9.51. The molecule has 4 N–H and O–H groups in total. The molecule has 2 saturated heterocycles. The molecule has 5 rings (SSSR count). The maximum absolute atomic E-state index is 14.1. The third-order valence-corrected chi connectivity index (χ3v) is 10.8. The molecule has 0 aliphatic carbocycles. The van der Waals surface area contributed by atoms with Crippen LogP contribution in [-0.4, -0.2) is 68.8 Å². The second-order valence-corrected chi connectivity index (χ2v) is 13.8. The minimum absolute atomic E-state index is 0.129. The molecule has 0 bridgehead atoms. The van der Waals surface area contributed by atoms with Crippen LogP contribution in [0.15, 0.2) is 48.9 Å². The quantitative estimate of drug-likeness (QED) is 0.167. The topological polar surface area (TPSA) is 143 Å². The lowest BCUT2D eigenvalue weighted by Crippen LogP contribution is -2.39. The Bertz CT molecular complexity index is 1370. The first-order valence-electron chi connectivity index (χ1n) is 12.8. The number of hydrogen-bond donors (Lipinski definition) is 3. The van der Waals surface area contributed by atoms with E-state index in [-0.39, 0.29) is 31.8 Å². The molecule has 214 valence electrons. The summed E-state index contributed by atoms with van der Waals surface area (Å²) in [6, 6.07) is 11.3. The average molecular weight is 606 g/mol. The molecule has 2 aliphatic heterocycles. The summed E-state index contributed by atoms with van der Waals surface area (Å²) in [7, 11) is -0.629. The van der Waals surface area contributed by atoms with Gasteiger partial charge < -0.3 is 24.9 Å². The molecule has 2 aromatic heterocycles. The third-order valence-electron chi connectivity index (χ3n) is 6.84. The van der Waals surface area contributed by atoms with Crippen LogP contribution in [0.1, 0.15) is 18.7 Å². The monoisotopic (exact) mass is 605 g/mol. The lowest BCUT2D eigenvalue weighted by Gasteiger charge is -2.33. The highest BCUT2D eigenvalue weighted by Crippen LogP contribution is 2.49. The zero-order valence-electron chi connectivity index (χ0n) is 21.9. The summed E-state index contributed by atoms with van der Waals surface area (Å²) in [5, 5.41) is 14.7. The number of fused-ring (bicyclic) bond motifs is 1. The number of rotatable bonds is 11. The van der Waals surface area contributed by atoms with Crippen molar-refractivity contribution in [1.82, 2.24) is 19.6 Å². The Morgan fingerprint density at radius 3 is 2.80 bits per heavy atom. The van der Waals surface area contributed by atoms with Crippen molar-refractivity contribution in [1.29, 1.82) is 0 Å². The number of nitrogen functional groups attached to an aromatic ring is 1. The normalized spacial score (nSPS) is 28.3. The van der Waals surface area contributed by atoms with Crippen LogP contribution in [0.2, 0.25) is 0 Å². The van der Waals surface area contributed by atoms with Crippen molar-refractivity contribution in [2.75, 3.05) is 30.5 Å². The van der Waals surface area contributed by atoms with Crippen molar-refractivity contribution in [2.24, 2.45) is 5.92 Å².